The highest BCUT2D eigenvalue weighted by Crippen LogP contribution is 2.34. The number of carbonyl (C=O) groups excluding carboxylic acids is 1. The number of pyridine rings is 1. The number of amides is 2. The number of benzene rings is 1. The molecule has 1 aromatic carbocycles. The van der Waals surface area contributed by atoms with E-state index in [9.17, 15) is 10.1 Å². The van der Waals surface area contributed by atoms with Gasteiger partial charge >= 0.3 is 6.03 Å². The van der Waals surface area contributed by atoms with Crippen LogP contribution in [0.3, 0.4) is 0 Å². The molecule has 3 aromatic rings. The lowest BCUT2D eigenvalue weighted by Gasteiger charge is -2.37. The number of nitrogens with one attached hydrogen (secondary N) is 1. The van der Waals surface area contributed by atoms with Crippen LogP contribution < -0.4 is 4.74 Å². The Kier molecular flexibility index (Phi) is 7.22. The summed E-state index contributed by atoms with van der Waals surface area (Å²) < 4.78 is 11.6. The fraction of sp³-hybridized carbons (Fsp3) is 0.433. The maximum absolute atomic E-state index is 13.0. The summed E-state index contributed by atoms with van der Waals surface area (Å²) in [5.74, 6) is 0.620. The van der Waals surface area contributed by atoms with Crippen molar-refractivity contribution < 1.29 is 14.3 Å². The molecule has 39 heavy (non-hydrogen) atoms. The van der Waals surface area contributed by atoms with Gasteiger partial charge < -0.3 is 29.2 Å². The standard InChI is InChI=1S/C30H34N6O3/c1-34-10-12-36(13-11-34)30(37)35-8-4-21(5-9-35)24-17-26-27(20-33-29(26)32-19-24)22-2-3-28(23(16-22)18-31)39-25-6-14-38-15-7-25/h2-4,16-17,19-20,25H,5-15H2,1H3,(H,32,33). The molecule has 5 heterocycles. The highest BCUT2D eigenvalue weighted by Gasteiger charge is 2.26. The average molecular weight is 527 g/mol. The van der Waals surface area contributed by atoms with Gasteiger partial charge in [0.2, 0.25) is 0 Å². The van der Waals surface area contributed by atoms with Crippen molar-refractivity contribution >= 4 is 22.6 Å². The third-order valence-electron chi connectivity index (χ3n) is 8.03. The van der Waals surface area contributed by atoms with Gasteiger partial charge in [0.1, 0.15) is 23.6 Å². The Morgan fingerprint density at radius 3 is 2.67 bits per heavy atom. The Balaban J connectivity index is 1.20. The summed E-state index contributed by atoms with van der Waals surface area (Å²) in [6, 6.07) is 10.4. The minimum absolute atomic E-state index is 0.0769. The van der Waals surface area contributed by atoms with E-state index in [2.05, 4.69) is 40.1 Å². The number of nitriles is 1. The van der Waals surface area contributed by atoms with E-state index in [1.807, 2.05) is 40.4 Å². The smallest absolute Gasteiger partial charge is 0.320 e. The van der Waals surface area contributed by atoms with Crippen LogP contribution in [0.1, 0.15) is 30.4 Å². The van der Waals surface area contributed by atoms with Gasteiger partial charge in [-0.3, -0.25) is 0 Å². The molecule has 0 spiro atoms. The molecule has 2 fully saturated rings. The second-order valence-corrected chi connectivity index (χ2v) is 10.6. The molecule has 2 amide bonds. The van der Waals surface area contributed by atoms with Gasteiger partial charge in [0, 0.05) is 75.5 Å². The number of likely N-dealkylation sites (N-methyl/N-ethyl adjacent to an activating group) is 1. The van der Waals surface area contributed by atoms with Crippen molar-refractivity contribution in [2.75, 3.05) is 59.5 Å². The number of piperazine rings is 1. The molecular weight excluding hydrogens is 492 g/mol. The van der Waals surface area contributed by atoms with Crippen LogP contribution in [0.5, 0.6) is 5.75 Å². The second-order valence-electron chi connectivity index (χ2n) is 10.6. The summed E-state index contributed by atoms with van der Waals surface area (Å²) in [6.07, 6.45) is 8.54. The number of hydrogen-bond donors (Lipinski definition) is 1. The monoisotopic (exact) mass is 526 g/mol. The lowest BCUT2D eigenvalue weighted by Crippen LogP contribution is -2.52. The van der Waals surface area contributed by atoms with Crippen LogP contribution in [0.2, 0.25) is 0 Å². The van der Waals surface area contributed by atoms with E-state index < -0.39 is 0 Å². The number of rotatable bonds is 4. The van der Waals surface area contributed by atoms with Crippen molar-refractivity contribution in [3.05, 3.63) is 53.9 Å². The third-order valence-corrected chi connectivity index (χ3v) is 8.03. The minimum atomic E-state index is 0.0769. The number of H-pyrrole nitrogens is 1. The van der Waals surface area contributed by atoms with E-state index in [1.165, 1.54) is 5.57 Å². The van der Waals surface area contributed by atoms with Gasteiger partial charge in [-0.1, -0.05) is 12.1 Å². The molecule has 6 rings (SSSR count). The van der Waals surface area contributed by atoms with E-state index in [4.69, 9.17) is 9.47 Å². The zero-order valence-corrected chi connectivity index (χ0v) is 22.4. The highest BCUT2D eigenvalue weighted by atomic mass is 16.5. The van der Waals surface area contributed by atoms with Crippen LogP contribution >= 0.6 is 0 Å². The normalized spacial score (nSPS) is 19.1. The Morgan fingerprint density at radius 2 is 1.92 bits per heavy atom. The van der Waals surface area contributed by atoms with Crippen molar-refractivity contribution in [2.24, 2.45) is 0 Å². The van der Waals surface area contributed by atoms with Crippen molar-refractivity contribution in [3.8, 4) is 22.9 Å². The summed E-state index contributed by atoms with van der Waals surface area (Å²) in [7, 11) is 2.10. The highest BCUT2D eigenvalue weighted by molar-refractivity contribution is 5.95. The molecule has 3 aliphatic rings. The number of carbonyl (C=O) groups is 1. The van der Waals surface area contributed by atoms with Crippen LogP contribution in [-0.4, -0.2) is 96.3 Å². The minimum Gasteiger partial charge on any atom is -0.489 e. The van der Waals surface area contributed by atoms with E-state index in [1.54, 1.807) is 0 Å². The number of fused-ring (bicyclic) bond motifs is 1. The molecule has 0 bridgehead atoms. The summed E-state index contributed by atoms with van der Waals surface area (Å²) in [6.45, 7) is 6.12. The summed E-state index contributed by atoms with van der Waals surface area (Å²) in [4.78, 5) is 27.1. The van der Waals surface area contributed by atoms with E-state index >= 15 is 0 Å². The maximum Gasteiger partial charge on any atom is 0.320 e. The zero-order valence-electron chi connectivity index (χ0n) is 22.4. The predicted octanol–water partition coefficient (Wildman–Crippen LogP) is 4.12. The third kappa shape index (κ3) is 5.35. The first-order chi connectivity index (χ1) is 19.1. The number of aromatic nitrogens is 2. The van der Waals surface area contributed by atoms with Gasteiger partial charge in [-0.2, -0.15) is 5.26 Å². The van der Waals surface area contributed by atoms with Crippen molar-refractivity contribution in [1.82, 2.24) is 24.7 Å². The Bertz CT molecular complexity index is 1430. The molecule has 0 atom stereocenters. The van der Waals surface area contributed by atoms with Crippen LogP contribution in [0.25, 0.3) is 27.7 Å². The number of urea groups is 1. The van der Waals surface area contributed by atoms with Gasteiger partial charge in [-0.05, 0) is 48.4 Å². The molecule has 3 aliphatic heterocycles. The van der Waals surface area contributed by atoms with Crippen LogP contribution in [0.4, 0.5) is 4.79 Å². The molecule has 2 saturated heterocycles. The number of aromatic amines is 1. The largest absolute Gasteiger partial charge is 0.489 e. The molecule has 0 unspecified atom stereocenters. The number of ether oxygens (including phenoxy) is 2. The maximum atomic E-state index is 13.0. The molecule has 0 saturated carbocycles. The Hall–Kier alpha value is -3.87. The number of hydrogen-bond acceptors (Lipinski definition) is 6. The molecule has 2 aromatic heterocycles. The lowest BCUT2D eigenvalue weighted by molar-refractivity contribution is 0.0254. The van der Waals surface area contributed by atoms with Crippen molar-refractivity contribution in [3.63, 3.8) is 0 Å². The predicted molar refractivity (Wildman–Crippen MR) is 149 cm³/mol. The van der Waals surface area contributed by atoms with Crippen LogP contribution in [0, 0.1) is 11.3 Å². The topological polar surface area (TPSA) is 97.7 Å². The molecule has 0 aliphatic carbocycles. The van der Waals surface area contributed by atoms with Gasteiger partial charge in [0.25, 0.3) is 0 Å². The Morgan fingerprint density at radius 1 is 1.10 bits per heavy atom. The van der Waals surface area contributed by atoms with Gasteiger partial charge in [-0.15, -0.1) is 0 Å². The lowest BCUT2D eigenvalue weighted by atomic mass is 9.98. The SMILES string of the molecule is CN1CCN(C(=O)N2CC=C(c3cnc4[nH]cc(-c5ccc(OC6CCOCC6)c(C#N)c5)c4c3)CC2)CC1. The molecule has 9 nitrogen and oxygen atoms in total. The Labute approximate surface area is 228 Å². The summed E-state index contributed by atoms with van der Waals surface area (Å²) in [5, 5.41) is 10.8. The quantitative estimate of drug-likeness (QED) is 0.549. The zero-order chi connectivity index (χ0) is 26.8. The summed E-state index contributed by atoms with van der Waals surface area (Å²) >= 11 is 0. The average Bonchev–Trinajstić information content (AvgIpc) is 3.41. The van der Waals surface area contributed by atoms with Crippen molar-refractivity contribution in [2.45, 2.75) is 25.4 Å². The van der Waals surface area contributed by atoms with E-state index in [0.717, 1.165) is 73.2 Å². The van der Waals surface area contributed by atoms with Gasteiger partial charge in [0.05, 0.1) is 18.8 Å². The fourth-order valence-corrected chi connectivity index (χ4v) is 5.58. The molecule has 1 N–H and O–H groups in total. The molecule has 202 valence electrons. The van der Waals surface area contributed by atoms with Gasteiger partial charge in [0.15, 0.2) is 0 Å². The molecule has 0 radical (unpaired) electrons. The second kappa shape index (κ2) is 11.1. The first-order valence-corrected chi connectivity index (χ1v) is 13.8. The van der Waals surface area contributed by atoms with E-state index in [0.29, 0.717) is 37.6 Å². The number of nitrogens with zero attached hydrogens (tertiary/aromatic N) is 5. The fourth-order valence-electron chi connectivity index (χ4n) is 5.58. The molecule has 9 heteroatoms. The molecular formula is C30H34N6O3. The first kappa shape index (κ1) is 25.4. The van der Waals surface area contributed by atoms with Crippen LogP contribution in [0.15, 0.2) is 42.7 Å². The van der Waals surface area contributed by atoms with E-state index in [-0.39, 0.29) is 12.1 Å². The first-order valence-electron chi connectivity index (χ1n) is 13.8. The summed E-state index contributed by atoms with van der Waals surface area (Å²) in [5.41, 5.74) is 5.54. The van der Waals surface area contributed by atoms with Crippen LogP contribution in [-0.2, 0) is 4.74 Å². The van der Waals surface area contributed by atoms with Crippen molar-refractivity contribution in [1.29, 1.82) is 5.26 Å². The van der Waals surface area contributed by atoms with Gasteiger partial charge in [-0.25, -0.2) is 9.78 Å².